The van der Waals surface area contributed by atoms with E-state index in [1.54, 1.807) is 86.9 Å². The standard InChI is InChI=1S/C20H18FN3O.C16H22FN3OS.C12H14FN3.C9H8O3.2CH4.2ClH/c1-13(24-12-15-5-3-4-6-18(15)20(24)25)17-8-7-14(9-19(17)21)16-10-22-23(2)11-16;1-11(19-22(21)16(2,3)4)14-7-6-12(8-15(14)17)13-9-18-20(5)10-13;1-8(14)11-4-3-9(5-12(11)13)10-6-15-16(2)7-10;1-12-9(11)8-5-3-2-4-7(8)6-10;;;;/h3-11,13H,12H2,1-2H3;6-11,19H,1-5H3;3-8H,14H2,1-2H3;2-6H,1H3;2*1H4;2*1H. The number of esters is 1. The van der Waals surface area contributed by atoms with E-state index in [9.17, 15) is 31.8 Å². The van der Waals surface area contributed by atoms with Crippen LogP contribution in [0.15, 0.2) is 140 Å². The predicted molar refractivity (Wildman–Crippen MR) is 314 cm³/mol. The van der Waals surface area contributed by atoms with Gasteiger partial charge < -0.3 is 15.4 Å². The molecule has 0 bridgehead atoms. The van der Waals surface area contributed by atoms with Crippen LogP contribution < -0.4 is 10.5 Å². The molecule has 8 aromatic rings. The largest absolute Gasteiger partial charge is 0.465 e. The first kappa shape index (κ1) is 67.9. The molecule has 0 radical (unpaired) electrons. The number of carbonyl (C=O) groups is 3. The van der Waals surface area contributed by atoms with Gasteiger partial charge in [0.15, 0.2) is 6.29 Å². The van der Waals surface area contributed by atoms with Gasteiger partial charge in [0.25, 0.3) is 5.91 Å². The Hall–Kier alpha value is -7.22. The minimum Gasteiger partial charge on any atom is -0.465 e. The van der Waals surface area contributed by atoms with Crippen LogP contribution in [0.4, 0.5) is 13.2 Å². The number of benzene rings is 5. The number of rotatable bonds is 11. The number of nitrogens with one attached hydrogen (secondary N) is 1. The quantitative estimate of drug-likeness (QED) is 0.0944. The highest BCUT2D eigenvalue weighted by Crippen LogP contribution is 2.34. The van der Waals surface area contributed by atoms with Crippen LogP contribution in [0, 0.1) is 17.5 Å². The molecule has 1 aliphatic rings. The minimum atomic E-state index is -1.24. The second-order valence-electron chi connectivity index (χ2n) is 18.9. The lowest BCUT2D eigenvalue weighted by Gasteiger charge is -2.25. The number of halogens is 5. The Morgan fingerprint density at radius 3 is 1.51 bits per heavy atom. The van der Waals surface area contributed by atoms with Gasteiger partial charge in [0, 0.05) is 103 Å². The minimum absolute atomic E-state index is 0. The molecule has 20 heteroatoms. The van der Waals surface area contributed by atoms with Crippen molar-refractivity contribution < 1.29 is 36.5 Å². The van der Waals surface area contributed by atoms with Crippen molar-refractivity contribution in [1.82, 2.24) is 39.0 Å². The first-order valence-electron chi connectivity index (χ1n) is 23.9. The van der Waals surface area contributed by atoms with Gasteiger partial charge in [-0.2, -0.15) is 15.3 Å². The number of aromatic nitrogens is 6. The van der Waals surface area contributed by atoms with Crippen LogP contribution in [0.2, 0.25) is 0 Å². The summed E-state index contributed by atoms with van der Waals surface area (Å²) >= 11 is 0. The van der Waals surface area contributed by atoms with E-state index >= 15 is 0 Å². The molecular weight excluding hydrogens is 1070 g/mol. The van der Waals surface area contributed by atoms with Gasteiger partial charge in [0.1, 0.15) is 17.5 Å². The summed E-state index contributed by atoms with van der Waals surface area (Å²) in [5, 5.41) is 12.3. The average molecular weight is 1150 g/mol. The van der Waals surface area contributed by atoms with Gasteiger partial charge in [-0.3, -0.25) is 23.6 Å². The van der Waals surface area contributed by atoms with Crippen molar-refractivity contribution in [3.05, 3.63) is 197 Å². The second kappa shape index (κ2) is 30.2. The molecule has 14 nitrogen and oxygen atoms in total. The summed E-state index contributed by atoms with van der Waals surface area (Å²) in [6, 6.07) is 28.4. The van der Waals surface area contributed by atoms with Gasteiger partial charge in [-0.25, -0.2) is 26.9 Å². The van der Waals surface area contributed by atoms with Crippen LogP contribution in [0.5, 0.6) is 0 Å². The zero-order chi connectivity index (χ0) is 54.7. The van der Waals surface area contributed by atoms with E-state index in [1.807, 2.05) is 117 Å². The summed E-state index contributed by atoms with van der Waals surface area (Å²) in [5.74, 6) is -1.42. The Morgan fingerprint density at radius 2 is 1.11 bits per heavy atom. The Bertz CT molecular complexity index is 3320. The third-order valence-corrected chi connectivity index (χ3v) is 13.9. The summed E-state index contributed by atoms with van der Waals surface area (Å²) < 4.78 is 67.0. The van der Waals surface area contributed by atoms with Crippen LogP contribution in [-0.4, -0.2) is 68.5 Å². The number of amides is 1. The molecule has 0 saturated heterocycles. The summed E-state index contributed by atoms with van der Waals surface area (Å²) in [4.78, 5) is 35.8. The molecular formula is C59H72Cl2F3N9O5S. The van der Waals surface area contributed by atoms with Gasteiger partial charge in [0.2, 0.25) is 0 Å². The number of fused-ring (bicyclic) bond motifs is 1. The Morgan fingerprint density at radius 1 is 0.684 bits per heavy atom. The monoisotopic (exact) mass is 1150 g/mol. The average Bonchev–Trinajstić information content (AvgIpc) is 4.23. The first-order chi connectivity index (χ1) is 35.6. The highest BCUT2D eigenvalue weighted by atomic mass is 35.5. The van der Waals surface area contributed by atoms with Crippen molar-refractivity contribution in [3.63, 3.8) is 0 Å². The fourth-order valence-corrected chi connectivity index (χ4v) is 8.75. The summed E-state index contributed by atoms with van der Waals surface area (Å²) in [5.41, 5.74) is 14.6. The smallest absolute Gasteiger partial charge is 0.338 e. The Labute approximate surface area is 477 Å². The van der Waals surface area contributed by atoms with Gasteiger partial charge in [-0.15, -0.1) is 24.8 Å². The topological polar surface area (TPSA) is 172 Å². The number of nitrogens with two attached hydrogens (primary N) is 1. The lowest BCUT2D eigenvalue weighted by molar-refractivity contribution is 0.0597. The molecule has 4 atom stereocenters. The molecule has 9 rings (SSSR count). The van der Waals surface area contributed by atoms with E-state index in [2.05, 4.69) is 24.8 Å². The lowest BCUT2D eigenvalue weighted by atomic mass is 10.0. The van der Waals surface area contributed by atoms with Gasteiger partial charge in [-0.05, 0) is 94.1 Å². The maximum Gasteiger partial charge on any atom is 0.338 e. The molecule has 5 aromatic carbocycles. The molecule has 0 fully saturated rings. The summed E-state index contributed by atoms with van der Waals surface area (Å²) in [7, 11) is 5.51. The third kappa shape index (κ3) is 17.4. The first-order valence-corrected chi connectivity index (χ1v) is 25.1. The van der Waals surface area contributed by atoms with E-state index in [0.29, 0.717) is 46.2 Å². The number of hydrogen-bond donors (Lipinski definition) is 2. The maximum absolute atomic E-state index is 14.7. The van der Waals surface area contributed by atoms with E-state index < -0.39 is 17.0 Å². The van der Waals surface area contributed by atoms with Crippen LogP contribution in [0.1, 0.15) is 128 Å². The van der Waals surface area contributed by atoms with Gasteiger partial charge in [0.05, 0.1) is 53.0 Å². The lowest BCUT2D eigenvalue weighted by Crippen LogP contribution is -2.35. The Balaban J connectivity index is 0.000000366. The SMILES string of the molecule is C.C.CC(N)c1ccc(-c2cnn(C)c2)cc1F.CC(NS(=O)C(C)(C)C)c1ccc(-c2cnn(C)c2)cc1F.CC(c1ccc(-c2cnn(C)c2)cc1F)N1Cc2ccccc2C1=O.COC(=O)c1ccccc1C=O.Cl.Cl. The molecule has 0 aliphatic carbocycles. The molecule has 0 spiro atoms. The van der Waals surface area contributed by atoms with E-state index in [4.69, 9.17) is 5.73 Å². The zero-order valence-electron chi connectivity index (χ0n) is 44.4. The molecule has 3 N–H and O–H groups in total. The fourth-order valence-electron chi connectivity index (χ4n) is 7.94. The highest BCUT2D eigenvalue weighted by Gasteiger charge is 2.32. The maximum atomic E-state index is 14.7. The van der Waals surface area contributed by atoms with Crippen LogP contribution in [-0.2, 0) is 43.4 Å². The predicted octanol–water partition coefficient (Wildman–Crippen LogP) is 12.9. The van der Waals surface area contributed by atoms with E-state index in [1.165, 1.54) is 25.3 Å². The van der Waals surface area contributed by atoms with E-state index in [-0.39, 0.29) is 85.9 Å². The molecule has 1 amide bonds. The van der Waals surface area contributed by atoms with Crippen molar-refractivity contribution in [2.45, 2.75) is 85.8 Å². The van der Waals surface area contributed by atoms with Crippen molar-refractivity contribution in [3.8, 4) is 33.4 Å². The number of aryl methyl sites for hydroxylation is 3. The highest BCUT2D eigenvalue weighted by molar-refractivity contribution is 7.84. The van der Waals surface area contributed by atoms with Crippen molar-refractivity contribution in [2.75, 3.05) is 7.11 Å². The fraction of sp³-hybridized carbons (Fsp3) is 0.288. The van der Waals surface area contributed by atoms with Gasteiger partial charge >= 0.3 is 5.97 Å². The zero-order valence-corrected chi connectivity index (χ0v) is 46.9. The molecule has 1 aliphatic heterocycles. The van der Waals surface area contributed by atoms with E-state index in [0.717, 1.165) is 38.9 Å². The number of carbonyl (C=O) groups excluding carboxylic acids is 3. The molecule has 0 saturated carbocycles. The van der Waals surface area contributed by atoms with Crippen LogP contribution >= 0.6 is 24.8 Å². The normalized spacial score (nSPS) is 12.7. The van der Waals surface area contributed by atoms with Crippen LogP contribution in [0.25, 0.3) is 33.4 Å². The molecule has 79 heavy (non-hydrogen) atoms. The molecule has 3 aromatic heterocycles. The second-order valence-corrected chi connectivity index (χ2v) is 20.9. The van der Waals surface area contributed by atoms with Crippen molar-refractivity contribution in [2.24, 2.45) is 26.9 Å². The third-order valence-electron chi connectivity index (χ3n) is 12.2. The molecule has 4 heterocycles. The summed E-state index contributed by atoms with van der Waals surface area (Å²) in [6.45, 7) is 11.6. The van der Waals surface area contributed by atoms with Crippen molar-refractivity contribution >= 4 is 54.0 Å². The van der Waals surface area contributed by atoms with Crippen LogP contribution in [0.3, 0.4) is 0 Å². The number of hydrogen-bond acceptors (Lipinski definition) is 9. The summed E-state index contributed by atoms with van der Waals surface area (Å²) in [6.07, 6.45) is 11.3. The van der Waals surface area contributed by atoms with Crippen molar-refractivity contribution in [1.29, 1.82) is 0 Å². The number of nitrogens with zero attached hydrogens (tertiary/aromatic N) is 7. The molecule has 4 unspecified atom stereocenters. The number of ether oxygens (including phenoxy) is 1. The van der Waals surface area contributed by atoms with Gasteiger partial charge in [-0.1, -0.05) is 87.6 Å². The Kier molecular flexibility index (Phi) is 26.0. The number of aldehydes is 1. The number of methoxy groups -OCH3 is 1. The molecule has 424 valence electrons.